The lowest BCUT2D eigenvalue weighted by molar-refractivity contribution is -0.137. The highest BCUT2D eigenvalue weighted by molar-refractivity contribution is 5.77. The van der Waals surface area contributed by atoms with E-state index in [2.05, 4.69) is 5.10 Å². The van der Waals surface area contributed by atoms with E-state index in [1.807, 2.05) is 36.4 Å². The van der Waals surface area contributed by atoms with Gasteiger partial charge in [-0.15, -0.1) is 0 Å². The number of para-hydroxylation sites is 1. The molecule has 0 saturated heterocycles. The lowest BCUT2D eigenvalue weighted by Gasteiger charge is -2.12. The fourth-order valence-electron chi connectivity index (χ4n) is 5.03. The predicted octanol–water partition coefficient (Wildman–Crippen LogP) is 5.23. The average molecular weight is 454 g/mol. The molecule has 172 valence electrons. The summed E-state index contributed by atoms with van der Waals surface area (Å²) in [5, 5.41) is 13.1. The Bertz CT molecular complexity index is 1240. The van der Waals surface area contributed by atoms with E-state index >= 15 is 0 Å². The second kappa shape index (κ2) is 8.17. The molecule has 6 nitrogen and oxygen atoms in total. The van der Waals surface area contributed by atoms with E-state index in [1.165, 1.54) is 0 Å². The molecule has 0 amide bonds. The van der Waals surface area contributed by atoms with Crippen LogP contribution >= 0.6 is 0 Å². The molecule has 0 spiro atoms. The summed E-state index contributed by atoms with van der Waals surface area (Å²) >= 11 is 0. The van der Waals surface area contributed by atoms with E-state index in [0.717, 1.165) is 44.9 Å². The van der Waals surface area contributed by atoms with E-state index in [0.29, 0.717) is 30.2 Å². The van der Waals surface area contributed by atoms with Gasteiger partial charge in [0.25, 0.3) is 0 Å². The van der Waals surface area contributed by atoms with Crippen LogP contribution in [0.2, 0.25) is 0 Å². The van der Waals surface area contributed by atoms with Crippen LogP contribution in [0.5, 0.6) is 11.5 Å². The monoisotopic (exact) mass is 454 g/mol. The number of alkyl halides is 2. The van der Waals surface area contributed by atoms with Crippen molar-refractivity contribution in [2.24, 2.45) is 0 Å². The zero-order valence-electron chi connectivity index (χ0n) is 18.3. The Hall–Kier alpha value is -3.42. The minimum Gasteiger partial charge on any atom is -0.493 e. The van der Waals surface area contributed by atoms with Crippen molar-refractivity contribution >= 4 is 5.97 Å². The number of carboxylic acids is 1. The van der Waals surface area contributed by atoms with Crippen LogP contribution in [0.15, 0.2) is 36.4 Å². The molecule has 3 aromatic rings. The van der Waals surface area contributed by atoms with E-state index in [-0.39, 0.29) is 18.3 Å². The first-order valence-corrected chi connectivity index (χ1v) is 10.9. The summed E-state index contributed by atoms with van der Waals surface area (Å²) in [6.07, 6.45) is 0.783. The Labute approximate surface area is 189 Å². The topological polar surface area (TPSA) is 73.6 Å². The highest BCUT2D eigenvalue weighted by Gasteiger charge is 2.31. The second-order valence-electron chi connectivity index (χ2n) is 8.68. The van der Waals surface area contributed by atoms with Gasteiger partial charge >= 0.3 is 12.5 Å². The Kier molecular flexibility index (Phi) is 5.31. The van der Waals surface area contributed by atoms with Crippen LogP contribution < -0.4 is 9.47 Å². The molecule has 3 heterocycles. The van der Waals surface area contributed by atoms with Gasteiger partial charge in [0.15, 0.2) is 0 Å². The number of aryl methyl sites for hydroxylation is 1. The van der Waals surface area contributed by atoms with E-state index < -0.39 is 12.5 Å². The molecule has 2 atom stereocenters. The lowest BCUT2D eigenvalue weighted by Crippen LogP contribution is -2.07. The maximum Gasteiger partial charge on any atom is 0.333 e. The highest BCUT2D eigenvalue weighted by atomic mass is 19.3. The molecule has 1 unspecified atom stereocenters. The molecule has 5 rings (SSSR count). The number of ether oxygens (including phenoxy) is 2. The minimum absolute atomic E-state index is 0.0555. The molecule has 1 N–H and O–H groups in total. The van der Waals surface area contributed by atoms with Gasteiger partial charge in [0.2, 0.25) is 0 Å². The molecule has 8 heteroatoms. The van der Waals surface area contributed by atoms with Gasteiger partial charge in [-0.3, -0.25) is 4.79 Å². The summed E-state index contributed by atoms with van der Waals surface area (Å²) in [6, 6.07) is 11.8. The standard InChI is InChI=1S/C25H24F2N2O4/c1-13-23(14(2)29(28-13)25(26)27)20-5-3-4-19-16(12-33-24(19)20)8-15-6-7-18-17(10-22(30)31)11-32-21(18)9-15/h3-7,9,16-17,25H,8,10-12H2,1-2H3,(H,30,31)/t16?,17-/m1/s1. The number of benzene rings is 2. The molecule has 2 aliphatic heterocycles. The Balaban J connectivity index is 1.42. The normalized spacial score (nSPS) is 18.7. The zero-order chi connectivity index (χ0) is 23.3. The number of hydrogen-bond acceptors (Lipinski definition) is 4. The number of nitrogens with zero attached hydrogens (tertiary/aromatic N) is 2. The van der Waals surface area contributed by atoms with Crippen LogP contribution in [-0.2, 0) is 11.2 Å². The molecular formula is C25H24F2N2O4. The van der Waals surface area contributed by atoms with Crippen molar-refractivity contribution in [2.45, 2.75) is 45.1 Å². The molecule has 33 heavy (non-hydrogen) atoms. The van der Waals surface area contributed by atoms with Gasteiger partial charge in [0.1, 0.15) is 11.5 Å². The number of aliphatic carboxylic acids is 1. The maximum absolute atomic E-state index is 13.3. The van der Waals surface area contributed by atoms with Crippen LogP contribution in [0.3, 0.4) is 0 Å². The van der Waals surface area contributed by atoms with E-state index in [9.17, 15) is 13.6 Å². The lowest BCUT2D eigenvalue weighted by atomic mass is 9.90. The van der Waals surface area contributed by atoms with Gasteiger partial charge in [-0.2, -0.15) is 13.9 Å². The van der Waals surface area contributed by atoms with Crippen LogP contribution in [-0.4, -0.2) is 34.1 Å². The van der Waals surface area contributed by atoms with Crippen LogP contribution in [0.4, 0.5) is 8.78 Å². The maximum atomic E-state index is 13.3. The Morgan fingerprint density at radius 1 is 1.15 bits per heavy atom. The van der Waals surface area contributed by atoms with Gasteiger partial charge in [-0.05, 0) is 31.9 Å². The minimum atomic E-state index is -2.69. The molecule has 0 radical (unpaired) electrons. The Morgan fingerprint density at radius 2 is 1.94 bits per heavy atom. The third kappa shape index (κ3) is 3.73. The summed E-state index contributed by atoms with van der Waals surface area (Å²) in [6.45, 7) is 1.56. The Morgan fingerprint density at radius 3 is 2.67 bits per heavy atom. The van der Waals surface area contributed by atoms with Gasteiger partial charge < -0.3 is 14.6 Å². The molecule has 1 aromatic heterocycles. The molecule has 0 fully saturated rings. The van der Waals surface area contributed by atoms with Crippen molar-refractivity contribution in [3.8, 4) is 22.6 Å². The molecule has 2 aliphatic rings. The first-order chi connectivity index (χ1) is 15.8. The highest BCUT2D eigenvalue weighted by Crippen LogP contribution is 2.45. The molecule has 0 saturated carbocycles. The van der Waals surface area contributed by atoms with Crippen molar-refractivity contribution in [3.05, 3.63) is 64.5 Å². The van der Waals surface area contributed by atoms with E-state index in [4.69, 9.17) is 14.6 Å². The van der Waals surface area contributed by atoms with Crippen molar-refractivity contribution in [2.75, 3.05) is 13.2 Å². The van der Waals surface area contributed by atoms with Crippen molar-refractivity contribution < 1.29 is 28.2 Å². The van der Waals surface area contributed by atoms with E-state index in [1.54, 1.807) is 13.8 Å². The quantitative estimate of drug-likeness (QED) is 0.552. The van der Waals surface area contributed by atoms with Crippen molar-refractivity contribution in [3.63, 3.8) is 0 Å². The largest absolute Gasteiger partial charge is 0.493 e. The van der Waals surface area contributed by atoms with Crippen molar-refractivity contribution in [1.29, 1.82) is 0 Å². The summed E-state index contributed by atoms with van der Waals surface area (Å²) in [4.78, 5) is 11.1. The number of carboxylic acid groups (broad SMARTS) is 1. The summed E-state index contributed by atoms with van der Waals surface area (Å²) in [5.41, 5.74) is 5.48. The third-order valence-electron chi connectivity index (χ3n) is 6.55. The van der Waals surface area contributed by atoms with Crippen LogP contribution in [0.1, 0.15) is 52.9 Å². The van der Waals surface area contributed by atoms with Crippen LogP contribution in [0, 0.1) is 13.8 Å². The second-order valence-corrected chi connectivity index (χ2v) is 8.68. The predicted molar refractivity (Wildman–Crippen MR) is 117 cm³/mol. The fraction of sp³-hybridized carbons (Fsp3) is 0.360. The van der Waals surface area contributed by atoms with Gasteiger partial charge in [0.05, 0.1) is 25.3 Å². The summed E-state index contributed by atoms with van der Waals surface area (Å²) < 4.78 is 39.2. The molecule has 0 aliphatic carbocycles. The third-order valence-corrected chi connectivity index (χ3v) is 6.55. The smallest absolute Gasteiger partial charge is 0.333 e. The number of halogens is 2. The first-order valence-electron chi connectivity index (χ1n) is 10.9. The van der Waals surface area contributed by atoms with Gasteiger partial charge in [-0.1, -0.05) is 30.3 Å². The first kappa shape index (κ1) is 21.4. The fourth-order valence-corrected chi connectivity index (χ4v) is 5.03. The molecule has 0 bridgehead atoms. The van der Waals surface area contributed by atoms with Crippen LogP contribution in [0.25, 0.3) is 11.1 Å². The van der Waals surface area contributed by atoms with Gasteiger partial charge in [0, 0.05) is 39.8 Å². The summed E-state index contributed by atoms with van der Waals surface area (Å²) in [5.74, 6) is 0.629. The zero-order valence-corrected chi connectivity index (χ0v) is 18.3. The summed E-state index contributed by atoms with van der Waals surface area (Å²) in [7, 11) is 0. The number of rotatable bonds is 6. The average Bonchev–Trinajstić information content (AvgIpc) is 3.44. The number of aromatic nitrogens is 2. The van der Waals surface area contributed by atoms with Gasteiger partial charge in [-0.25, -0.2) is 4.68 Å². The SMILES string of the molecule is Cc1nn(C(F)F)c(C)c1-c1cccc2c1OCC2Cc1ccc2c(c1)OC[C@H]2CC(=O)O. The number of hydrogen-bond donors (Lipinski definition) is 1. The number of carbonyl (C=O) groups is 1. The molecular weight excluding hydrogens is 430 g/mol. The van der Waals surface area contributed by atoms with Crippen molar-refractivity contribution in [1.82, 2.24) is 9.78 Å². The molecule has 2 aromatic carbocycles. The number of fused-ring (bicyclic) bond motifs is 2.